The summed E-state index contributed by atoms with van der Waals surface area (Å²) in [5.41, 5.74) is 0.584. The van der Waals surface area contributed by atoms with Crippen LogP contribution in [0.5, 0.6) is 0 Å². The van der Waals surface area contributed by atoms with Crippen LogP contribution >= 0.6 is 0 Å². The lowest BCUT2D eigenvalue weighted by Gasteiger charge is -2.37. The molecule has 0 aromatic rings. The van der Waals surface area contributed by atoms with Crippen LogP contribution < -0.4 is 5.32 Å². The van der Waals surface area contributed by atoms with Gasteiger partial charge in [0, 0.05) is 19.1 Å². The second kappa shape index (κ2) is 5.86. The summed E-state index contributed by atoms with van der Waals surface area (Å²) in [4.78, 5) is 2.60. The number of hydrogen-bond donors (Lipinski definition) is 1. The maximum Gasteiger partial charge on any atom is 0.0107 e. The molecule has 0 aliphatic carbocycles. The molecule has 0 radical (unpaired) electrons. The fourth-order valence-corrected chi connectivity index (χ4v) is 2.00. The molecule has 0 saturated carbocycles. The van der Waals surface area contributed by atoms with Crippen molar-refractivity contribution < 1.29 is 0 Å². The van der Waals surface area contributed by atoms with E-state index >= 15 is 0 Å². The Kier molecular flexibility index (Phi) is 5.07. The topological polar surface area (TPSA) is 15.3 Å². The summed E-state index contributed by atoms with van der Waals surface area (Å²) in [6.45, 7) is 14.2. The third-order valence-electron chi connectivity index (χ3n) is 3.74. The highest BCUT2D eigenvalue weighted by Gasteiger charge is 2.24. The highest BCUT2D eigenvalue weighted by Crippen LogP contribution is 2.29. The minimum absolute atomic E-state index is 0.584. The van der Waals surface area contributed by atoms with E-state index in [0.717, 1.165) is 6.54 Å². The third kappa shape index (κ3) is 4.98. The van der Waals surface area contributed by atoms with Crippen LogP contribution in [0.4, 0.5) is 0 Å². The second-order valence-corrected chi connectivity index (χ2v) is 5.77. The minimum atomic E-state index is 0.584. The fourth-order valence-electron chi connectivity index (χ4n) is 2.00. The molecule has 1 heterocycles. The zero-order chi connectivity index (χ0) is 11.3. The molecular formula is C13H28N2. The van der Waals surface area contributed by atoms with Crippen LogP contribution in [-0.4, -0.2) is 37.1 Å². The van der Waals surface area contributed by atoms with E-state index in [1.54, 1.807) is 0 Å². The van der Waals surface area contributed by atoms with Crippen molar-refractivity contribution in [2.24, 2.45) is 5.41 Å². The van der Waals surface area contributed by atoms with Gasteiger partial charge in [0.2, 0.25) is 0 Å². The first-order valence-electron chi connectivity index (χ1n) is 6.49. The first-order chi connectivity index (χ1) is 7.03. The van der Waals surface area contributed by atoms with Crippen molar-refractivity contribution in [2.75, 3.05) is 26.2 Å². The fraction of sp³-hybridized carbons (Fsp3) is 1.00. The van der Waals surface area contributed by atoms with E-state index in [9.17, 15) is 0 Å². The van der Waals surface area contributed by atoms with E-state index in [4.69, 9.17) is 0 Å². The van der Waals surface area contributed by atoms with Crippen LogP contribution in [-0.2, 0) is 0 Å². The predicted molar refractivity (Wildman–Crippen MR) is 67.2 cm³/mol. The van der Waals surface area contributed by atoms with Crippen molar-refractivity contribution in [3.8, 4) is 0 Å². The molecule has 1 rings (SSSR count). The van der Waals surface area contributed by atoms with E-state index in [2.05, 4.69) is 37.9 Å². The Morgan fingerprint density at radius 3 is 2.40 bits per heavy atom. The van der Waals surface area contributed by atoms with Gasteiger partial charge < -0.3 is 10.2 Å². The van der Waals surface area contributed by atoms with Gasteiger partial charge in [-0.1, -0.05) is 20.8 Å². The molecule has 1 atom stereocenters. The molecule has 1 fully saturated rings. The van der Waals surface area contributed by atoms with Gasteiger partial charge in [0.15, 0.2) is 0 Å². The lowest BCUT2D eigenvalue weighted by atomic mass is 9.83. The molecule has 15 heavy (non-hydrogen) atoms. The first kappa shape index (κ1) is 13.0. The molecule has 90 valence electrons. The van der Waals surface area contributed by atoms with Gasteiger partial charge in [-0.05, 0) is 44.7 Å². The number of likely N-dealkylation sites (tertiary alicyclic amines) is 1. The summed E-state index contributed by atoms with van der Waals surface area (Å²) < 4.78 is 0. The van der Waals surface area contributed by atoms with Gasteiger partial charge in [0.25, 0.3) is 0 Å². The minimum Gasteiger partial charge on any atom is -0.313 e. The molecule has 0 aromatic carbocycles. The number of nitrogens with zero attached hydrogens (tertiary/aromatic N) is 1. The Hall–Kier alpha value is -0.0800. The summed E-state index contributed by atoms with van der Waals surface area (Å²) in [6.07, 6.45) is 3.94. The summed E-state index contributed by atoms with van der Waals surface area (Å²) in [6, 6.07) is 0.672. The van der Waals surface area contributed by atoms with Gasteiger partial charge in [-0.2, -0.15) is 0 Å². The van der Waals surface area contributed by atoms with Gasteiger partial charge in [-0.15, -0.1) is 0 Å². The molecule has 2 nitrogen and oxygen atoms in total. The van der Waals surface area contributed by atoms with E-state index in [1.165, 1.54) is 38.9 Å². The molecule has 1 aliphatic heterocycles. The standard InChI is InChI=1S/C13H28N2/c1-5-12(2)14-8-11-15-9-6-13(3,4)7-10-15/h12,14H,5-11H2,1-4H3. The molecule has 1 unspecified atom stereocenters. The molecule has 0 aromatic heterocycles. The zero-order valence-corrected chi connectivity index (χ0v) is 11.0. The summed E-state index contributed by atoms with van der Waals surface area (Å²) >= 11 is 0. The molecule has 2 heteroatoms. The van der Waals surface area contributed by atoms with Crippen molar-refractivity contribution in [1.29, 1.82) is 0 Å². The predicted octanol–water partition coefficient (Wildman–Crippen LogP) is 2.50. The number of nitrogens with one attached hydrogen (secondary N) is 1. The van der Waals surface area contributed by atoms with Gasteiger partial charge in [0.1, 0.15) is 0 Å². The Morgan fingerprint density at radius 2 is 1.87 bits per heavy atom. The largest absolute Gasteiger partial charge is 0.313 e. The monoisotopic (exact) mass is 212 g/mol. The van der Waals surface area contributed by atoms with Crippen LogP contribution in [0.3, 0.4) is 0 Å². The Labute approximate surface area is 95.4 Å². The van der Waals surface area contributed by atoms with Gasteiger partial charge in [-0.3, -0.25) is 0 Å². The lowest BCUT2D eigenvalue weighted by molar-refractivity contribution is 0.132. The van der Waals surface area contributed by atoms with Crippen molar-refractivity contribution in [2.45, 2.75) is 53.0 Å². The number of rotatable bonds is 5. The number of hydrogen-bond acceptors (Lipinski definition) is 2. The normalized spacial score (nSPS) is 24.0. The molecule has 0 amide bonds. The maximum absolute atomic E-state index is 3.56. The lowest BCUT2D eigenvalue weighted by Crippen LogP contribution is -2.41. The molecule has 0 spiro atoms. The first-order valence-corrected chi connectivity index (χ1v) is 6.49. The van der Waals surface area contributed by atoms with Gasteiger partial charge >= 0.3 is 0 Å². The van der Waals surface area contributed by atoms with Crippen molar-refractivity contribution in [1.82, 2.24) is 10.2 Å². The zero-order valence-electron chi connectivity index (χ0n) is 11.0. The molecule has 1 N–H and O–H groups in total. The Balaban J connectivity index is 2.09. The van der Waals surface area contributed by atoms with Crippen LogP contribution in [0, 0.1) is 5.41 Å². The third-order valence-corrected chi connectivity index (χ3v) is 3.74. The van der Waals surface area contributed by atoms with E-state index in [0.29, 0.717) is 11.5 Å². The molecule has 0 bridgehead atoms. The molecular weight excluding hydrogens is 184 g/mol. The van der Waals surface area contributed by atoms with Crippen molar-refractivity contribution in [3.05, 3.63) is 0 Å². The highest BCUT2D eigenvalue weighted by molar-refractivity contribution is 4.78. The Morgan fingerprint density at radius 1 is 1.27 bits per heavy atom. The van der Waals surface area contributed by atoms with E-state index in [-0.39, 0.29) is 0 Å². The van der Waals surface area contributed by atoms with Crippen molar-refractivity contribution >= 4 is 0 Å². The van der Waals surface area contributed by atoms with Crippen molar-refractivity contribution in [3.63, 3.8) is 0 Å². The number of piperidine rings is 1. The summed E-state index contributed by atoms with van der Waals surface area (Å²) in [7, 11) is 0. The average molecular weight is 212 g/mol. The quantitative estimate of drug-likeness (QED) is 0.753. The molecule has 1 saturated heterocycles. The van der Waals surface area contributed by atoms with Gasteiger partial charge in [0.05, 0.1) is 0 Å². The molecule has 1 aliphatic rings. The maximum atomic E-state index is 3.56. The van der Waals surface area contributed by atoms with E-state index < -0.39 is 0 Å². The second-order valence-electron chi connectivity index (χ2n) is 5.77. The Bertz CT molecular complexity index is 167. The smallest absolute Gasteiger partial charge is 0.0107 e. The summed E-state index contributed by atoms with van der Waals surface area (Å²) in [5, 5.41) is 3.56. The SMILES string of the molecule is CCC(C)NCCN1CCC(C)(C)CC1. The van der Waals surface area contributed by atoms with Gasteiger partial charge in [-0.25, -0.2) is 0 Å². The summed E-state index contributed by atoms with van der Waals surface area (Å²) in [5.74, 6) is 0. The van der Waals surface area contributed by atoms with Crippen LogP contribution in [0.2, 0.25) is 0 Å². The van der Waals surface area contributed by atoms with Crippen LogP contribution in [0.25, 0.3) is 0 Å². The van der Waals surface area contributed by atoms with Crippen LogP contribution in [0.1, 0.15) is 47.0 Å². The van der Waals surface area contributed by atoms with E-state index in [1.807, 2.05) is 0 Å². The average Bonchev–Trinajstić information content (AvgIpc) is 2.20. The highest BCUT2D eigenvalue weighted by atomic mass is 15.1. The van der Waals surface area contributed by atoms with Crippen LogP contribution in [0.15, 0.2) is 0 Å².